The number of benzene rings is 2. The van der Waals surface area contributed by atoms with Crippen LogP contribution in [-0.2, 0) is 23.2 Å². The number of nitrogens with one attached hydrogen (secondary N) is 1. The second-order valence-corrected chi connectivity index (χ2v) is 18.5. The predicted molar refractivity (Wildman–Crippen MR) is 214 cm³/mol. The van der Waals surface area contributed by atoms with Crippen LogP contribution in [0.15, 0.2) is 96.4 Å². The second kappa shape index (κ2) is 14.4. The molecule has 2 aromatic carbocycles. The Balaban J connectivity index is 1.18. The van der Waals surface area contributed by atoms with Crippen molar-refractivity contribution in [3.05, 3.63) is 124 Å². The van der Waals surface area contributed by atoms with Gasteiger partial charge < -0.3 is 45.4 Å². The van der Waals surface area contributed by atoms with Crippen LogP contribution in [0.5, 0.6) is 5.75 Å². The minimum atomic E-state index is -2.30. The fourth-order valence-corrected chi connectivity index (χ4v) is 12.5. The third-order valence-corrected chi connectivity index (χ3v) is 15.3. The van der Waals surface area contributed by atoms with E-state index in [1.165, 1.54) is 45.9 Å². The first-order chi connectivity index (χ1) is 27.5. The van der Waals surface area contributed by atoms with Crippen molar-refractivity contribution in [2.75, 3.05) is 23.6 Å². The van der Waals surface area contributed by atoms with Crippen LogP contribution in [0.25, 0.3) is 0 Å². The van der Waals surface area contributed by atoms with Gasteiger partial charge in [-0.1, -0.05) is 89.1 Å². The van der Waals surface area contributed by atoms with Gasteiger partial charge in [-0.3, -0.25) is 9.59 Å². The molecule has 8 atom stereocenters. The van der Waals surface area contributed by atoms with Crippen molar-refractivity contribution in [3.63, 3.8) is 0 Å². The maximum absolute atomic E-state index is 15.2. The minimum Gasteiger partial charge on any atom is -0.511 e. The van der Waals surface area contributed by atoms with E-state index in [0.717, 1.165) is 29.5 Å². The number of aliphatic hydroxyl groups excluding tert-OH is 5. The summed E-state index contributed by atoms with van der Waals surface area (Å²) in [4.78, 5) is 34.4. The van der Waals surface area contributed by atoms with Crippen molar-refractivity contribution in [3.8, 4) is 5.75 Å². The van der Waals surface area contributed by atoms with Crippen molar-refractivity contribution in [1.82, 2.24) is 4.98 Å². The number of hydrogen-bond donors (Lipinski definition) is 7. The van der Waals surface area contributed by atoms with Gasteiger partial charge in [0, 0.05) is 28.8 Å². The summed E-state index contributed by atoms with van der Waals surface area (Å²) in [6.07, 6.45) is 6.17. The number of hydrogen-bond acceptors (Lipinski definition) is 14. The molecule has 2 spiro atoms. The van der Waals surface area contributed by atoms with Crippen LogP contribution in [0.4, 0.5) is 5.82 Å². The number of aromatic nitrogens is 1. The van der Waals surface area contributed by atoms with Gasteiger partial charge in [-0.15, -0.1) is 0 Å². The van der Waals surface area contributed by atoms with Gasteiger partial charge in [0.25, 0.3) is 0 Å². The molecule has 2 fully saturated rings. The van der Waals surface area contributed by atoms with E-state index in [9.17, 15) is 35.4 Å². The van der Waals surface area contributed by atoms with E-state index in [-0.39, 0.29) is 35.0 Å². The maximum atomic E-state index is 15.2. The Bertz CT molecular complexity index is 2220. The number of nitrogens with zero attached hydrogens (tertiary/aromatic N) is 1. The number of allylic oxidation sites excluding steroid dienone is 4. The summed E-state index contributed by atoms with van der Waals surface area (Å²) >= 11 is 0. The third kappa shape index (κ3) is 5.78. The Labute approximate surface area is 337 Å². The van der Waals surface area contributed by atoms with Crippen molar-refractivity contribution < 1.29 is 49.7 Å². The van der Waals surface area contributed by atoms with Crippen LogP contribution in [0, 0.1) is 17.3 Å². The van der Waals surface area contributed by atoms with Crippen LogP contribution in [-0.4, -0.2) is 95.1 Å². The Morgan fingerprint density at radius 2 is 1.77 bits per heavy atom. The van der Waals surface area contributed by atoms with Gasteiger partial charge in [-0.25, -0.2) is 4.98 Å². The number of ketones is 2. The topological polar surface area (TPSA) is 199 Å². The molecule has 0 amide bonds. The number of rotatable bonds is 4. The van der Waals surface area contributed by atoms with Gasteiger partial charge in [0.05, 0.1) is 30.6 Å². The highest BCUT2D eigenvalue weighted by atomic mass is 33.1. The predicted octanol–water partition coefficient (Wildman–Crippen LogP) is 4.56. The molecule has 0 radical (unpaired) electrons. The molecule has 298 valence electrons. The summed E-state index contributed by atoms with van der Waals surface area (Å²) in [7, 11) is 2.74. The van der Waals surface area contributed by atoms with Gasteiger partial charge in [0.15, 0.2) is 11.6 Å². The van der Waals surface area contributed by atoms with Gasteiger partial charge in [-0.05, 0) is 65.8 Å². The van der Waals surface area contributed by atoms with Crippen LogP contribution in [0.1, 0.15) is 63.1 Å². The van der Waals surface area contributed by atoms with E-state index in [1.54, 1.807) is 30.5 Å². The van der Waals surface area contributed by atoms with E-state index in [0.29, 0.717) is 36.5 Å². The van der Waals surface area contributed by atoms with E-state index in [4.69, 9.17) is 9.47 Å². The zero-order chi connectivity index (χ0) is 39.7. The van der Waals surface area contributed by atoms with Gasteiger partial charge in [0.1, 0.15) is 46.2 Å². The summed E-state index contributed by atoms with van der Waals surface area (Å²) in [6, 6.07) is 15.7. The first-order valence-corrected chi connectivity index (χ1v) is 21.7. The molecular formula is C43H44N2O10S2. The Morgan fingerprint density at radius 3 is 2.56 bits per heavy atom. The molecule has 12 nitrogen and oxygen atoms in total. The van der Waals surface area contributed by atoms with E-state index < -0.39 is 70.5 Å². The largest absolute Gasteiger partial charge is 0.511 e. The minimum absolute atomic E-state index is 0.0135. The van der Waals surface area contributed by atoms with Gasteiger partial charge in [-0.2, -0.15) is 0 Å². The van der Waals surface area contributed by atoms with Crippen molar-refractivity contribution in [1.29, 1.82) is 0 Å². The Morgan fingerprint density at radius 1 is 0.982 bits per heavy atom. The normalized spacial score (nSPS) is 34.0. The zero-order valence-corrected chi connectivity index (χ0v) is 32.5. The van der Waals surface area contributed by atoms with Crippen LogP contribution in [0.3, 0.4) is 0 Å². The lowest BCUT2D eigenvalue weighted by molar-refractivity contribution is -0.354. The molecule has 6 aliphatic rings. The molecule has 1 saturated heterocycles. The summed E-state index contributed by atoms with van der Waals surface area (Å²) in [5.74, 6) is -2.36. The van der Waals surface area contributed by atoms with Crippen LogP contribution < -0.4 is 10.1 Å². The second-order valence-electron chi connectivity index (χ2n) is 16.0. The zero-order valence-electron chi connectivity index (χ0n) is 30.9. The first-order valence-electron chi connectivity index (χ1n) is 19.2. The van der Waals surface area contributed by atoms with E-state index in [2.05, 4.69) is 10.3 Å². The number of anilines is 1. The molecule has 3 heterocycles. The Kier molecular flexibility index (Phi) is 9.72. The monoisotopic (exact) mass is 812 g/mol. The highest BCUT2D eigenvalue weighted by Gasteiger charge is 2.70. The quantitative estimate of drug-likeness (QED) is 0.143. The van der Waals surface area contributed by atoms with Gasteiger partial charge >= 0.3 is 0 Å². The summed E-state index contributed by atoms with van der Waals surface area (Å²) in [5.41, 5.74) is -3.60. The molecule has 57 heavy (non-hydrogen) atoms. The molecule has 2 aliphatic heterocycles. The molecule has 3 aromatic rings. The lowest BCUT2D eigenvalue weighted by Crippen LogP contribution is -2.78. The summed E-state index contributed by atoms with van der Waals surface area (Å²) < 4.78 is 12.6. The van der Waals surface area contributed by atoms with Crippen molar-refractivity contribution in [2.45, 2.75) is 73.8 Å². The third-order valence-electron chi connectivity index (χ3n) is 13.1. The lowest BCUT2D eigenvalue weighted by Gasteiger charge is -2.60. The molecule has 7 bridgehead atoms. The standard InChI is InChI=1S/C43H44N2O10S2/c46-20-25-6-3-5-24(15-25)16-26-17-29-35(49)28-7-4-8-30-34(28)36(50)42(29,32(48)18-26)22-56-57-23-45-33-19-27(10-14-44-33)40(11-1-2-12-40)31-9-13-41(21-47)39(52)43(31,53)37(51)38(54-30)55-41/h3-10,13-15,17-19,29,31,37-39,46-48,51-53H,1-2,11-12,16,20-23H2,(H,44,45). The highest BCUT2D eigenvalue weighted by molar-refractivity contribution is 8.76. The fraction of sp³-hybridized carbons (Fsp3) is 0.419. The maximum Gasteiger partial charge on any atom is 0.230 e. The molecule has 9 rings (SSSR count). The number of carbonyl (C=O) groups is 2. The Hall–Kier alpha value is -3.99. The molecule has 1 saturated carbocycles. The number of Topliss-reactive ketones (excluding diaryl/α,β-unsaturated/α-hetero) is 2. The number of ether oxygens (including phenoxy) is 2. The molecule has 8 unspecified atom stereocenters. The number of fused-ring (bicyclic) bond motifs is 6. The summed E-state index contributed by atoms with van der Waals surface area (Å²) in [6.45, 7) is -0.898. The number of carbonyl (C=O) groups excluding carboxylic acids is 2. The highest BCUT2D eigenvalue weighted by Crippen LogP contribution is 2.58. The average Bonchev–Trinajstić information content (AvgIpc) is 3.72. The fourth-order valence-electron chi connectivity index (χ4n) is 10.2. The average molecular weight is 813 g/mol. The van der Waals surface area contributed by atoms with Crippen molar-refractivity contribution in [2.24, 2.45) is 17.3 Å². The molecule has 1 aromatic heterocycles. The molecule has 7 N–H and O–H groups in total. The molecular weight excluding hydrogens is 769 g/mol. The molecule has 4 aliphatic carbocycles. The molecule has 14 heteroatoms. The van der Waals surface area contributed by atoms with Gasteiger partial charge in [0.2, 0.25) is 6.29 Å². The van der Waals surface area contributed by atoms with E-state index >= 15 is 4.79 Å². The van der Waals surface area contributed by atoms with E-state index in [1.807, 2.05) is 30.3 Å². The van der Waals surface area contributed by atoms with Crippen LogP contribution in [0.2, 0.25) is 0 Å². The lowest BCUT2D eigenvalue weighted by atomic mass is 9.55. The smallest absolute Gasteiger partial charge is 0.230 e. The first kappa shape index (κ1) is 38.5. The van der Waals surface area contributed by atoms with Crippen molar-refractivity contribution >= 4 is 39.0 Å². The SMILES string of the molecule is O=C1c2cccc3c2C(=O)C2(CSSCNc4cc(ccn4)C4(CCCC4)C4C=CC5(CO)OC(O3)C(O)C4(O)C5O)C(O)=CC(Cc3cccc(CO)c3)=CC12. The number of pyridine rings is 1. The van der Waals surface area contributed by atoms with Crippen LogP contribution >= 0.6 is 21.6 Å². The summed E-state index contributed by atoms with van der Waals surface area (Å²) in [5, 5.41) is 72.8. The number of aliphatic hydroxyl groups is 6.